The molecule has 0 saturated heterocycles. The van der Waals surface area contributed by atoms with E-state index in [4.69, 9.17) is 16.3 Å². The van der Waals surface area contributed by atoms with E-state index in [1.54, 1.807) is 42.5 Å². The molecule has 0 aromatic heterocycles. The van der Waals surface area contributed by atoms with Crippen molar-refractivity contribution in [2.45, 2.75) is 50.7 Å². The Kier molecular flexibility index (Phi) is 10.3. The van der Waals surface area contributed by atoms with E-state index in [0.717, 1.165) is 47.4 Å². The van der Waals surface area contributed by atoms with Gasteiger partial charge in [-0.15, -0.1) is 0 Å². The molecule has 3 aromatic carbocycles. The lowest BCUT2D eigenvalue weighted by Gasteiger charge is -2.34. The average molecular weight is 598 g/mol. The zero-order chi connectivity index (χ0) is 29.4. The number of sulfonamides is 1. The third-order valence-electron chi connectivity index (χ3n) is 7.25. The van der Waals surface area contributed by atoms with E-state index in [1.165, 1.54) is 12.0 Å². The molecule has 1 saturated carbocycles. The van der Waals surface area contributed by atoms with E-state index in [0.29, 0.717) is 16.5 Å². The molecule has 1 N–H and O–H groups in total. The number of carbonyl (C=O) groups excluding carboxylic acids is 2. The Bertz CT molecular complexity index is 1430. The maximum Gasteiger partial charge on any atom is 0.244 e. The number of anilines is 1. The van der Waals surface area contributed by atoms with Gasteiger partial charge in [0.05, 0.1) is 19.1 Å². The van der Waals surface area contributed by atoms with Crippen LogP contribution in [0, 0.1) is 0 Å². The van der Waals surface area contributed by atoms with Crippen molar-refractivity contribution < 1.29 is 22.7 Å². The molecule has 8 nitrogen and oxygen atoms in total. The van der Waals surface area contributed by atoms with Crippen LogP contribution in [0.3, 0.4) is 0 Å². The lowest BCUT2D eigenvalue weighted by Crippen LogP contribution is -2.54. The summed E-state index contributed by atoms with van der Waals surface area (Å²) in [6, 6.07) is 22.2. The van der Waals surface area contributed by atoms with Crippen LogP contribution in [0.5, 0.6) is 5.75 Å². The zero-order valence-corrected chi connectivity index (χ0v) is 24.9. The van der Waals surface area contributed by atoms with E-state index in [1.807, 2.05) is 36.4 Å². The first-order chi connectivity index (χ1) is 19.6. The van der Waals surface area contributed by atoms with Gasteiger partial charge in [-0.05, 0) is 60.4 Å². The number of benzene rings is 3. The van der Waals surface area contributed by atoms with E-state index < -0.39 is 28.5 Å². The topological polar surface area (TPSA) is 96.0 Å². The summed E-state index contributed by atoms with van der Waals surface area (Å²) in [7, 11) is -2.33. The fourth-order valence-corrected chi connectivity index (χ4v) is 6.18. The third kappa shape index (κ3) is 8.47. The van der Waals surface area contributed by atoms with Gasteiger partial charge in [-0.3, -0.25) is 13.9 Å². The van der Waals surface area contributed by atoms with Crippen LogP contribution in [0.25, 0.3) is 0 Å². The quantitative estimate of drug-likeness (QED) is 0.323. The first-order valence-corrected chi connectivity index (χ1v) is 15.9. The van der Waals surface area contributed by atoms with Gasteiger partial charge in [-0.2, -0.15) is 0 Å². The van der Waals surface area contributed by atoms with Gasteiger partial charge < -0.3 is 15.0 Å². The van der Waals surface area contributed by atoms with E-state index in [9.17, 15) is 18.0 Å². The minimum absolute atomic E-state index is 0.0516. The van der Waals surface area contributed by atoms with Crippen molar-refractivity contribution in [2.75, 3.05) is 24.2 Å². The minimum Gasteiger partial charge on any atom is -0.497 e. The second-order valence-corrected chi connectivity index (χ2v) is 12.7. The van der Waals surface area contributed by atoms with Gasteiger partial charge in [0.25, 0.3) is 0 Å². The molecular weight excluding hydrogens is 562 g/mol. The van der Waals surface area contributed by atoms with Crippen molar-refractivity contribution in [1.29, 1.82) is 0 Å². The van der Waals surface area contributed by atoms with Crippen LogP contribution >= 0.6 is 11.6 Å². The van der Waals surface area contributed by atoms with Crippen LogP contribution < -0.4 is 14.4 Å². The number of methoxy groups -OCH3 is 1. The van der Waals surface area contributed by atoms with Crippen molar-refractivity contribution in [1.82, 2.24) is 10.2 Å². The monoisotopic (exact) mass is 597 g/mol. The lowest BCUT2D eigenvalue weighted by atomic mass is 10.0. The summed E-state index contributed by atoms with van der Waals surface area (Å²) < 4.78 is 32.0. The smallest absolute Gasteiger partial charge is 0.244 e. The molecule has 1 unspecified atom stereocenters. The Morgan fingerprint density at radius 2 is 1.63 bits per heavy atom. The van der Waals surface area contributed by atoms with Crippen molar-refractivity contribution >= 4 is 39.1 Å². The highest BCUT2D eigenvalue weighted by molar-refractivity contribution is 7.92. The van der Waals surface area contributed by atoms with E-state index in [-0.39, 0.29) is 24.9 Å². The molecule has 218 valence electrons. The van der Waals surface area contributed by atoms with Gasteiger partial charge in [0.2, 0.25) is 21.8 Å². The fourth-order valence-electron chi connectivity index (χ4n) is 5.12. The number of nitrogens with zero attached hydrogens (tertiary/aromatic N) is 2. The molecule has 1 fully saturated rings. The number of ether oxygens (including phenoxy) is 1. The standard InChI is InChI=1S/C31H36ClN3O5S/c1-40-28-17-15-27(16-18-28)35(41(2,38)39)22-30(36)34(21-24-11-8-12-25(32)19-24)29(20-23-9-4-3-5-10-23)31(37)33-26-13-6-7-14-26/h3-5,8-12,15-19,26,29H,6-7,13-14,20-22H2,1-2H3,(H,33,37). The number of halogens is 1. The van der Waals surface area contributed by atoms with Gasteiger partial charge in [0.1, 0.15) is 18.3 Å². The summed E-state index contributed by atoms with van der Waals surface area (Å²) in [6.45, 7) is -0.400. The molecule has 4 rings (SSSR count). The molecule has 1 aliphatic carbocycles. The molecule has 41 heavy (non-hydrogen) atoms. The van der Waals surface area contributed by atoms with Crippen molar-refractivity contribution in [3.05, 3.63) is 95.0 Å². The van der Waals surface area contributed by atoms with Crippen LogP contribution in [-0.2, 0) is 32.6 Å². The number of nitrogens with one attached hydrogen (secondary N) is 1. The Morgan fingerprint density at radius 1 is 0.976 bits per heavy atom. The maximum absolute atomic E-state index is 14.1. The molecule has 3 aromatic rings. The zero-order valence-electron chi connectivity index (χ0n) is 23.3. The first-order valence-electron chi connectivity index (χ1n) is 13.6. The van der Waals surface area contributed by atoms with Crippen molar-refractivity contribution in [2.24, 2.45) is 0 Å². The molecule has 10 heteroatoms. The van der Waals surface area contributed by atoms with Crippen LogP contribution in [0.4, 0.5) is 5.69 Å². The van der Waals surface area contributed by atoms with Crippen LogP contribution in [0.15, 0.2) is 78.9 Å². The predicted molar refractivity (Wildman–Crippen MR) is 162 cm³/mol. The molecular formula is C31H36ClN3O5S. The van der Waals surface area contributed by atoms with Gasteiger partial charge in [0.15, 0.2) is 0 Å². The number of carbonyl (C=O) groups is 2. The van der Waals surface area contributed by atoms with Gasteiger partial charge in [-0.25, -0.2) is 8.42 Å². The molecule has 2 amide bonds. The summed E-state index contributed by atoms with van der Waals surface area (Å²) in [5, 5.41) is 3.66. The van der Waals surface area contributed by atoms with E-state index in [2.05, 4.69) is 5.32 Å². The van der Waals surface area contributed by atoms with E-state index >= 15 is 0 Å². The maximum atomic E-state index is 14.1. The second-order valence-electron chi connectivity index (χ2n) is 10.3. The molecule has 0 bridgehead atoms. The number of amides is 2. The van der Waals surface area contributed by atoms with Crippen LogP contribution in [0.2, 0.25) is 5.02 Å². The molecule has 1 aliphatic rings. The lowest BCUT2D eigenvalue weighted by molar-refractivity contribution is -0.140. The Labute approximate surface area is 247 Å². The van der Waals surface area contributed by atoms with Gasteiger partial charge in [-0.1, -0.05) is 66.9 Å². The Morgan fingerprint density at radius 3 is 2.24 bits per heavy atom. The Hall–Kier alpha value is -3.56. The van der Waals surface area contributed by atoms with Crippen LogP contribution in [0.1, 0.15) is 36.8 Å². The molecule has 1 atom stereocenters. The van der Waals surface area contributed by atoms with Crippen LogP contribution in [-0.4, -0.2) is 57.1 Å². The molecule has 0 spiro atoms. The third-order valence-corrected chi connectivity index (χ3v) is 8.63. The fraction of sp³-hybridized carbons (Fsp3) is 0.355. The first kappa shape index (κ1) is 30.4. The molecule has 0 aliphatic heterocycles. The summed E-state index contributed by atoms with van der Waals surface area (Å²) in [5.41, 5.74) is 1.94. The Balaban J connectivity index is 1.71. The highest BCUT2D eigenvalue weighted by atomic mass is 35.5. The number of rotatable bonds is 12. The van der Waals surface area contributed by atoms with Crippen molar-refractivity contribution in [3.8, 4) is 5.75 Å². The normalized spacial score (nSPS) is 14.3. The highest BCUT2D eigenvalue weighted by Crippen LogP contribution is 2.24. The summed E-state index contributed by atoms with van der Waals surface area (Å²) in [6.07, 6.45) is 5.21. The minimum atomic E-state index is -3.85. The average Bonchev–Trinajstić information content (AvgIpc) is 3.46. The predicted octanol–water partition coefficient (Wildman–Crippen LogP) is 4.81. The SMILES string of the molecule is COc1ccc(N(CC(=O)N(Cc2cccc(Cl)c2)C(Cc2ccccc2)C(=O)NC2CCCC2)S(C)(=O)=O)cc1. The summed E-state index contributed by atoms with van der Waals surface area (Å²) in [5.74, 6) is -0.206. The number of hydrogen-bond donors (Lipinski definition) is 1. The molecule has 0 heterocycles. The molecule has 0 radical (unpaired) electrons. The van der Waals surface area contributed by atoms with Gasteiger partial charge >= 0.3 is 0 Å². The summed E-state index contributed by atoms with van der Waals surface area (Å²) >= 11 is 6.26. The number of hydrogen-bond acceptors (Lipinski definition) is 5. The summed E-state index contributed by atoms with van der Waals surface area (Å²) in [4.78, 5) is 29.5. The highest BCUT2D eigenvalue weighted by Gasteiger charge is 2.34. The second kappa shape index (κ2) is 13.9. The van der Waals surface area contributed by atoms with Gasteiger partial charge in [0, 0.05) is 24.0 Å². The largest absolute Gasteiger partial charge is 0.497 e. The van der Waals surface area contributed by atoms with Crippen molar-refractivity contribution in [3.63, 3.8) is 0 Å².